The number of Topliss-reactive ketones (excluding diaryl/α,β-unsaturated/α-hetero) is 1. The molecule has 3 aromatic carbocycles. The summed E-state index contributed by atoms with van der Waals surface area (Å²) in [5, 5.41) is 2.33. The molecule has 130 valence electrons. The molecular weight excluding hydrogens is 338 g/mol. The molecule has 26 heavy (non-hydrogen) atoms. The lowest BCUT2D eigenvalue weighted by atomic mass is 10.0. The van der Waals surface area contributed by atoms with Crippen molar-refractivity contribution < 1.29 is 4.79 Å². The summed E-state index contributed by atoms with van der Waals surface area (Å²) in [6.45, 7) is 6.31. The Morgan fingerprint density at radius 2 is 1.65 bits per heavy atom. The fourth-order valence-corrected chi connectivity index (χ4v) is 4.62. The molecule has 3 aromatic rings. The van der Waals surface area contributed by atoms with Crippen molar-refractivity contribution in [2.45, 2.75) is 18.7 Å². The molecule has 0 radical (unpaired) electrons. The Bertz CT molecular complexity index is 1000. The van der Waals surface area contributed by atoms with E-state index in [1.54, 1.807) is 11.8 Å². The number of fused-ring (bicyclic) bond motifs is 3. The van der Waals surface area contributed by atoms with Crippen molar-refractivity contribution >= 4 is 40.1 Å². The van der Waals surface area contributed by atoms with Gasteiger partial charge in [-0.25, -0.2) is 0 Å². The number of carbonyl (C=O) groups is 1. The van der Waals surface area contributed by atoms with Crippen molar-refractivity contribution in [3.8, 4) is 0 Å². The SMILES string of the molecule is CCN(CC)c1ccc(/C=C2/Sc3c(ccc4ccccc34)C2=O)cc1. The van der Waals surface area contributed by atoms with Crippen LogP contribution < -0.4 is 4.90 Å². The zero-order chi connectivity index (χ0) is 18.1. The third kappa shape index (κ3) is 2.93. The second kappa shape index (κ2) is 7.00. The molecular formula is C23H21NOS. The van der Waals surface area contributed by atoms with Gasteiger partial charge in [0, 0.05) is 29.2 Å². The van der Waals surface area contributed by atoms with E-state index < -0.39 is 0 Å². The first-order valence-electron chi connectivity index (χ1n) is 9.02. The monoisotopic (exact) mass is 359 g/mol. The molecule has 3 heteroatoms. The van der Waals surface area contributed by atoms with Gasteiger partial charge < -0.3 is 4.90 Å². The van der Waals surface area contributed by atoms with Crippen LogP contribution in [-0.2, 0) is 0 Å². The standard InChI is InChI=1S/C23H21NOS/c1-3-24(4-2)18-12-9-16(10-13-18)15-21-22(25)20-14-11-17-7-5-6-8-19(17)23(20)26-21/h5-15H,3-4H2,1-2H3/b21-15+. The third-order valence-electron chi connectivity index (χ3n) is 4.88. The topological polar surface area (TPSA) is 20.3 Å². The van der Waals surface area contributed by atoms with Gasteiger partial charge in [-0.1, -0.05) is 54.2 Å². The molecule has 0 atom stereocenters. The molecule has 4 rings (SSSR count). The predicted octanol–water partition coefficient (Wildman–Crippen LogP) is 6.02. The van der Waals surface area contributed by atoms with Gasteiger partial charge in [0.05, 0.1) is 4.91 Å². The lowest BCUT2D eigenvalue weighted by Gasteiger charge is -2.20. The number of allylic oxidation sites excluding steroid dienone is 1. The summed E-state index contributed by atoms with van der Waals surface area (Å²) in [4.78, 5) is 17.0. The summed E-state index contributed by atoms with van der Waals surface area (Å²) in [5.74, 6) is 0.128. The van der Waals surface area contributed by atoms with Crippen LogP contribution in [0.4, 0.5) is 5.69 Å². The van der Waals surface area contributed by atoms with Gasteiger partial charge in [0.1, 0.15) is 0 Å². The van der Waals surface area contributed by atoms with Gasteiger partial charge in [-0.15, -0.1) is 0 Å². The number of nitrogens with zero attached hydrogens (tertiary/aromatic N) is 1. The first-order chi connectivity index (χ1) is 12.7. The van der Waals surface area contributed by atoms with Crippen molar-refractivity contribution in [3.63, 3.8) is 0 Å². The van der Waals surface area contributed by atoms with E-state index in [1.807, 2.05) is 30.3 Å². The highest BCUT2D eigenvalue weighted by Gasteiger charge is 2.27. The molecule has 0 saturated heterocycles. The van der Waals surface area contributed by atoms with Gasteiger partial charge in [-0.3, -0.25) is 4.79 Å². The lowest BCUT2D eigenvalue weighted by Crippen LogP contribution is -2.21. The molecule has 0 fully saturated rings. The van der Waals surface area contributed by atoms with Crippen LogP contribution in [0, 0.1) is 0 Å². The fraction of sp³-hybridized carbons (Fsp3) is 0.174. The van der Waals surface area contributed by atoms with Crippen LogP contribution in [0.15, 0.2) is 70.5 Å². The summed E-state index contributed by atoms with van der Waals surface area (Å²) in [7, 11) is 0. The minimum atomic E-state index is 0.128. The van der Waals surface area contributed by atoms with Crippen LogP contribution >= 0.6 is 11.8 Å². The van der Waals surface area contributed by atoms with E-state index >= 15 is 0 Å². The van der Waals surface area contributed by atoms with E-state index in [4.69, 9.17) is 0 Å². The van der Waals surface area contributed by atoms with Gasteiger partial charge in [-0.2, -0.15) is 0 Å². The van der Waals surface area contributed by atoms with Crippen molar-refractivity contribution in [1.29, 1.82) is 0 Å². The molecule has 0 bridgehead atoms. The van der Waals surface area contributed by atoms with E-state index in [1.165, 1.54) is 11.1 Å². The van der Waals surface area contributed by atoms with Crippen LogP contribution in [0.1, 0.15) is 29.8 Å². The summed E-state index contributed by atoms with van der Waals surface area (Å²) in [6, 6.07) is 20.7. The molecule has 1 heterocycles. The Balaban J connectivity index is 1.66. The molecule has 1 aliphatic heterocycles. The maximum atomic E-state index is 12.8. The zero-order valence-corrected chi connectivity index (χ0v) is 15.8. The molecule has 0 unspecified atom stereocenters. The number of carbonyl (C=O) groups excluding carboxylic acids is 1. The minimum absolute atomic E-state index is 0.128. The van der Waals surface area contributed by atoms with Gasteiger partial charge in [-0.05, 0) is 54.5 Å². The molecule has 2 nitrogen and oxygen atoms in total. The first kappa shape index (κ1) is 16.9. The van der Waals surface area contributed by atoms with Crippen LogP contribution in [0.2, 0.25) is 0 Å². The number of ketones is 1. The molecule has 0 aliphatic carbocycles. The Labute approximate surface area is 158 Å². The number of anilines is 1. The summed E-state index contributed by atoms with van der Waals surface area (Å²) in [6.07, 6.45) is 2.01. The molecule has 0 saturated carbocycles. The number of rotatable bonds is 4. The van der Waals surface area contributed by atoms with Crippen LogP contribution in [0.5, 0.6) is 0 Å². The van der Waals surface area contributed by atoms with Crippen molar-refractivity contribution in [3.05, 3.63) is 76.7 Å². The van der Waals surface area contributed by atoms with Gasteiger partial charge in [0.2, 0.25) is 5.78 Å². The second-order valence-corrected chi connectivity index (χ2v) is 7.42. The quantitative estimate of drug-likeness (QED) is 0.532. The van der Waals surface area contributed by atoms with E-state index in [0.717, 1.165) is 39.4 Å². The molecule has 1 aliphatic rings. The van der Waals surface area contributed by atoms with Crippen molar-refractivity contribution in [2.75, 3.05) is 18.0 Å². The van der Waals surface area contributed by atoms with E-state index in [9.17, 15) is 4.79 Å². The normalized spacial score (nSPS) is 14.8. The first-order valence-corrected chi connectivity index (χ1v) is 9.84. The summed E-state index contributed by atoms with van der Waals surface area (Å²) >= 11 is 1.59. The van der Waals surface area contributed by atoms with E-state index in [-0.39, 0.29) is 5.78 Å². The Hall–Kier alpha value is -2.52. The highest BCUT2D eigenvalue weighted by atomic mass is 32.2. The predicted molar refractivity (Wildman–Crippen MR) is 112 cm³/mol. The third-order valence-corrected chi connectivity index (χ3v) is 6.05. The highest BCUT2D eigenvalue weighted by Crippen LogP contribution is 2.44. The maximum Gasteiger partial charge on any atom is 0.200 e. The second-order valence-electron chi connectivity index (χ2n) is 6.37. The number of hydrogen-bond donors (Lipinski definition) is 0. The smallest absolute Gasteiger partial charge is 0.200 e. The largest absolute Gasteiger partial charge is 0.372 e. The molecule has 0 N–H and O–H groups in total. The van der Waals surface area contributed by atoms with E-state index in [0.29, 0.717) is 0 Å². The molecule has 0 aromatic heterocycles. The van der Waals surface area contributed by atoms with Gasteiger partial charge >= 0.3 is 0 Å². The summed E-state index contributed by atoms with van der Waals surface area (Å²) < 4.78 is 0. The minimum Gasteiger partial charge on any atom is -0.372 e. The van der Waals surface area contributed by atoms with E-state index in [2.05, 4.69) is 55.1 Å². The number of benzene rings is 3. The summed E-state index contributed by atoms with van der Waals surface area (Å²) in [5.41, 5.74) is 3.10. The maximum absolute atomic E-state index is 12.8. The van der Waals surface area contributed by atoms with Crippen molar-refractivity contribution in [2.24, 2.45) is 0 Å². The lowest BCUT2D eigenvalue weighted by molar-refractivity contribution is 0.104. The van der Waals surface area contributed by atoms with Crippen LogP contribution in [0.25, 0.3) is 16.8 Å². The fourth-order valence-electron chi connectivity index (χ4n) is 3.44. The average molecular weight is 359 g/mol. The van der Waals surface area contributed by atoms with Crippen LogP contribution in [-0.4, -0.2) is 18.9 Å². The number of thioether (sulfide) groups is 1. The Morgan fingerprint density at radius 3 is 2.38 bits per heavy atom. The molecule has 0 amide bonds. The Morgan fingerprint density at radius 1 is 0.923 bits per heavy atom. The van der Waals surface area contributed by atoms with Crippen molar-refractivity contribution in [1.82, 2.24) is 0 Å². The van der Waals surface area contributed by atoms with Gasteiger partial charge in [0.25, 0.3) is 0 Å². The van der Waals surface area contributed by atoms with Crippen LogP contribution in [0.3, 0.4) is 0 Å². The number of hydrogen-bond acceptors (Lipinski definition) is 3. The average Bonchev–Trinajstić information content (AvgIpc) is 3.00. The molecule has 0 spiro atoms. The zero-order valence-electron chi connectivity index (χ0n) is 15.0. The van der Waals surface area contributed by atoms with Gasteiger partial charge in [0.15, 0.2) is 0 Å². The highest BCUT2D eigenvalue weighted by molar-refractivity contribution is 8.05. The Kier molecular flexibility index (Phi) is 4.56.